The molecule has 1 aromatic rings. The number of rotatable bonds is 4. The number of carboxylic acids is 1. The van der Waals surface area contributed by atoms with E-state index in [4.69, 9.17) is 16.7 Å². The third-order valence-electron chi connectivity index (χ3n) is 4.52. The van der Waals surface area contributed by atoms with Crippen LogP contribution in [0.25, 0.3) is 0 Å². The lowest BCUT2D eigenvalue weighted by atomic mass is 9.85. The van der Waals surface area contributed by atoms with Crippen LogP contribution >= 0.6 is 11.6 Å². The molecule has 128 valence electrons. The molecule has 1 fully saturated rings. The van der Waals surface area contributed by atoms with E-state index < -0.39 is 17.7 Å². The molecule has 0 aliphatic heterocycles. The molecule has 0 radical (unpaired) electrons. The number of anilines is 1. The van der Waals surface area contributed by atoms with Crippen LogP contribution in [-0.2, 0) is 16.9 Å². The minimum atomic E-state index is -4.39. The summed E-state index contributed by atoms with van der Waals surface area (Å²) < 4.78 is 38.4. The van der Waals surface area contributed by atoms with E-state index in [0.29, 0.717) is 36.9 Å². The van der Waals surface area contributed by atoms with Gasteiger partial charge in [-0.1, -0.05) is 0 Å². The molecule has 0 unspecified atom stereocenters. The van der Waals surface area contributed by atoms with E-state index in [-0.39, 0.29) is 17.8 Å². The Morgan fingerprint density at radius 2 is 1.91 bits per heavy atom. The average molecular weight is 350 g/mol. The Morgan fingerprint density at radius 1 is 1.30 bits per heavy atom. The highest BCUT2D eigenvalue weighted by Gasteiger charge is 2.32. The molecule has 0 heterocycles. The molecule has 0 spiro atoms. The Kier molecular flexibility index (Phi) is 5.45. The molecular weight excluding hydrogens is 331 g/mol. The third-order valence-corrected chi connectivity index (χ3v) is 4.81. The number of benzene rings is 1. The SMILES string of the molecule is CN(c1ccc(C(F)(F)F)cc1CCl)C1CCC(C(=O)O)CC1. The molecule has 23 heavy (non-hydrogen) atoms. The van der Waals surface area contributed by atoms with Crippen LogP contribution in [0, 0.1) is 5.92 Å². The summed E-state index contributed by atoms with van der Waals surface area (Å²) in [6.07, 6.45) is -1.81. The predicted octanol–water partition coefficient (Wildman–Crippen LogP) is 4.52. The smallest absolute Gasteiger partial charge is 0.416 e. The van der Waals surface area contributed by atoms with E-state index in [1.807, 2.05) is 11.9 Å². The summed E-state index contributed by atoms with van der Waals surface area (Å²) in [5, 5.41) is 9.03. The summed E-state index contributed by atoms with van der Waals surface area (Å²) in [7, 11) is 1.82. The number of halogens is 4. The van der Waals surface area contributed by atoms with Gasteiger partial charge in [-0.2, -0.15) is 13.2 Å². The number of aliphatic carboxylic acids is 1. The maximum Gasteiger partial charge on any atom is 0.416 e. The van der Waals surface area contributed by atoms with Crippen LogP contribution in [0.3, 0.4) is 0 Å². The highest BCUT2D eigenvalue weighted by molar-refractivity contribution is 6.17. The molecule has 0 amide bonds. The van der Waals surface area contributed by atoms with Crippen molar-refractivity contribution in [2.24, 2.45) is 5.92 Å². The van der Waals surface area contributed by atoms with E-state index in [9.17, 15) is 18.0 Å². The van der Waals surface area contributed by atoms with Gasteiger partial charge < -0.3 is 10.0 Å². The molecule has 1 aromatic carbocycles. The minimum Gasteiger partial charge on any atom is -0.481 e. The molecule has 0 bridgehead atoms. The largest absolute Gasteiger partial charge is 0.481 e. The molecule has 3 nitrogen and oxygen atoms in total. The average Bonchev–Trinajstić information content (AvgIpc) is 2.52. The minimum absolute atomic E-state index is 0.00589. The van der Waals surface area contributed by atoms with Crippen LogP contribution in [0.15, 0.2) is 18.2 Å². The molecule has 2 rings (SSSR count). The Bertz CT molecular complexity index is 569. The van der Waals surface area contributed by atoms with Crippen molar-refractivity contribution in [3.8, 4) is 0 Å². The monoisotopic (exact) mass is 349 g/mol. The second-order valence-corrected chi connectivity index (χ2v) is 6.20. The fourth-order valence-electron chi connectivity index (χ4n) is 3.12. The first-order chi connectivity index (χ1) is 10.7. The van der Waals surface area contributed by atoms with Gasteiger partial charge in [0.2, 0.25) is 0 Å². The van der Waals surface area contributed by atoms with Gasteiger partial charge in [-0.25, -0.2) is 0 Å². The summed E-state index contributed by atoms with van der Waals surface area (Å²) in [4.78, 5) is 12.9. The zero-order chi connectivity index (χ0) is 17.2. The second-order valence-electron chi connectivity index (χ2n) is 5.93. The third kappa shape index (κ3) is 4.10. The van der Waals surface area contributed by atoms with Crippen molar-refractivity contribution < 1.29 is 23.1 Å². The zero-order valence-corrected chi connectivity index (χ0v) is 13.5. The number of carbonyl (C=O) groups is 1. The van der Waals surface area contributed by atoms with Gasteiger partial charge in [-0.3, -0.25) is 4.79 Å². The summed E-state index contributed by atoms with van der Waals surface area (Å²) in [6, 6.07) is 3.71. The maximum atomic E-state index is 12.8. The highest BCUT2D eigenvalue weighted by Crippen LogP contribution is 2.36. The molecule has 1 saturated carbocycles. The van der Waals surface area contributed by atoms with Crippen molar-refractivity contribution in [2.75, 3.05) is 11.9 Å². The quantitative estimate of drug-likeness (QED) is 0.812. The fraction of sp³-hybridized carbons (Fsp3) is 0.562. The first-order valence-corrected chi connectivity index (χ1v) is 7.99. The number of hydrogen-bond acceptors (Lipinski definition) is 2. The van der Waals surface area contributed by atoms with Gasteiger partial charge in [-0.15, -0.1) is 11.6 Å². The predicted molar refractivity (Wildman–Crippen MR) is 82.8 cm³/mol. The molecule has 0 atom stereocenters. The van der Waals surface area contributed by atoms with Gasteiger partial charge in [0.1, 0.15) is 0 Å². The van der Waals surface area contributed by atoms with Gasteiger partial charge in [0.15, 0.2) is 0 Å². The van der Waals surface area contributed by atoms with Gasteiger partial charge in [0.25, 0.3) is 0 Å². The van der Waals surface area contributed by atoms with Crippen molar-refractivity contribution >= 4 is 23.3 Å². The second kappa shape index (κ2) is 6.99. The number of carboxylic acid groups (broad SMARTS) is 1. The summed E-state index contributed by atoms with van der Waals surface area (Å²) in [5.74, 6) is -1.10. The van der Waals surface area contributed by atoms with Gasteiger partial charge in [-0.05, 0) is 49.4 Å². The lowest BCUT2D eigenvalue weighted by Crippen LogP contribution is -2.37. The van der Waals surface area contributed by atoms with E-state index in [0.717, 1.165) is 12.1 Å². The van der Waals surface area contributed by atoms with Gasteiger partial charge in [0.05, 0.1) is 11.5 Å². The van der Waals surface area contributed by atoms with E-state index in [1.165, 1.54) is 6.07 Å². The lowest BCUT2D eigenvalue weighted by molar-refractivity contribution is -0.143. The van der Waals surface area contributed by atoms with Crippen LogP contribution in [0.1, 0.15) is 36.8 Å². The first kappa shape index (κ1) is 17.9. The van der Waals surface area contributed by atoms with Crippen molar-refractivity contribution in [1.82, 2.24) is 0 Å². The van der Waals surface area contributed by atoms with Crippen molar-refractivity contribution in [3.05, 3.63) is 29.3 Å². The Labute approximate surface area is 138 Å². The standard InChI is InChI=1S/C16H19ClF3NO2/c1-21(13-5-2-10(3-6-13)15(22)23)14-7-4-12(16(18,19)20)8-11(14)9-17/h4,7-8,10,13H,2-3,5-6,9H2,1H3,(H,22,23). The molecule has 1 aliphatic rings. The summed E-state index contributed by atoms with van der Waals surface area (Å²) in [5.41, 5.74) is 0.399. The number of alkyl halides is 4. The molecule has 1 aliphatic carbocycles. The van der Waals surface area contributed by atoms with Crippen molar-refractivity contribution in [1.29, 1.82) is 0 Å². The lowest BCUT2D eigenvalue weighted by Gasteiger charge is -2.36. The van der Waals surface area contributed by atoms with Crippen LogP contribution in [0.5, 0.6) is 0 Å². The van der Waals surface area contributed by atoms with Crippen LogP contribution in [0.4, 0.5) is 18.9 Å². The normalized spacial score (nSPS) is 22.0. The molecule has 0 aromatic heterocycles. The van der Waals surface area contributed by atoms with Crippen LogP contribution < -0.4 is 4.90 Å². The van der Waals surface area contributed by atoms with E-state index in [1.54, 1.807) is 0 Å². The molecule has 7 heteroatoms. The van der Waals surface area contributed by atoms with Crippen LogP contribution in [-0.4, -0.2) is 24.2 Å². The van der Waals surface area contributed by atoms with Gasteiger partial charge in [0, 0.05) is 24.7 Å². The number of nitrogens with zero attached hydrogens (tertiary/aromatic N) is 1. The Morgan fingerprint density at radius 3 is 2.39 bits per heavy atom. The van der Waals surface area contributed by atoms with E-state index >= 15 is 0 Å². The molecule has 0 saturated heterocycles. The van der Waals surface area contributed by atoms with Crippen molar-refractivity contribution in [2.45, 2.75) is 43.8 Å². The van der Waals surface area contributed by atoms with Crippen molar-refractivity contribution in [3.63, 3.8) is 0 Å². The van der Waals surface area contributed by atoms with E-state index in [2.05, 4.69) is 0 Å². The van der Waals surface area contributed by atoms with Gasteiger partial charge >= 0.3 is 12.1 Å². The summed E-state index contributed by atoms with van der Waals surface area (Å²) in [6.45, 7) is 0. The maximum absolute atomic E-state index is 12.8. The van der Waals surface area contributed by atoms with Crippen LogP contribution in [0.2, 0.25) is 0 Å². The topological polar surface area (TPSA) is 40.5 Å². The molecular formula is C16H19ClF3NO2. The molecule has 1 N–H and O–H groups in total. The Hall–Kier alpha value is -1.43. The Balaban J connectivity index is 2.16. The summed E-state index contributed by atoms with van der Waals surface area (Å²) >= 11 is 5.83. The highest BCUT2D eigenvalue weighted by atomic mass is 35.5. The zero-order valence-electron chi connectivity index (χ0n) is 12.7. The fourth-order valence-corrected chi connectivity index (χ4v) is 3.33. The number of hydrogen-bond donors (Lipinski definition) is 1. The first-order valence-electron chi connectivity index (χ1n) is 7.45.